The molecule has 1 aromatic carbocycles. The van der Waals surface area contributed by atoms with Crippen LogP contribution >= 0.6 is 23.1 Å². The van der Waals surface area contributed by atoms with E-state index in [-0.39, 0.29) is 5.91 Å². The average Bonchev–Trinajstić information content (AvgIpc) is 3.31. The van der Waals surface area contributed by atoms with Gasteiger partial charge in [-0.1, -0.05) is 18.2 Å². The van der Waals surface area contributed by atoms with Crippen LogP contribution < -0.4 is 10.2 Å². The van der Waals surface area contributed by atoms with Crippen molar-refractivity contribution in [1.82, 2.24) is 15.3 Å². The number of morpholine rings is 1. The molecular formula is C21H22N4O2S2. The number of thiazole rings is 1. The highest BCUT2D eigenvalue weighted by atomic mass is 32.2. The van der Waals surface area contributed by atoms with E-state index in [2.05, 4.69) is 20.2 Å². The van der Waals surface area contributed by atoms with E-state index in [9.17, 15) is 4.79 Å². The number of hydrogen-bond acceptors (Lipinski definition) is 7. The Balaban J connectivity index is 1.43. The molecule has 6 nitrogen and oxygen atoms in total. The van der Waals surface area contributed by atoms with Crippen molar-refractivity contribution in [2.75, 3.05) is 31.2 Å². The topological polar surface area (TPSA) is 67.4 Å². The Labute approximate surface area is 178 Å². The lowest BCUT2D eigenvalue weighted by Gasteiger charge is -2.29. The predicted molar refractivity (Wildman–Crippen MR) is 117 cm³/mol. The van der Waals surface area contributed by atoms with E-state index in [1.807, 2.05) is 47.3 Å². The first-order chi connectivity index (χ1) is 14.3. The number of nitrogens with zero attached hydrogens (tertiary/aromatic N) is 3. The lowest BCUT2D eigenvalue weighted by atomic mass is 10.2. The van der Waals surface area contributed by atoms with Gasteiger partial charge in [0.05, 0.1) is 30.0 Å². The summed E-state index contributed by atoms with van der Waals surface area (Å²) in [5, 5.41) is 5.10. The van der Waals surface area contributed by atoms with Crippen molar-refractivity contribution < 1.29 is 9.53 Å². The minimum absolute atomic E-state index is 0.0804. The number of ether oxygens (including phenoxy) is 1. The van der Waals surface area contributed by atoms with Crippen LogP contribution in [-0.4, -0.2) is 42.2 Å². The second-order valence-corrected chi connectivity index (χ2v) is 8.27. The van der Waals surface area contributed by atoms with E-state index in [0.717, 1.165) is 40.8 Å². The highest BCUT2D eigenvalue weighted by molar-refractivity contribution is 7.98. The zero-order valence-electron chi connectivity index (χ0n) is 15.9. The molecule has 8 heteroatoms. The molecule has 0 saturated carbocycles. The van der Waals surface area contributed by atoms with Crippen molar-refractivity contribution in [2.24, 2.45) is 0 Å². The summed E-state index contributed by atoms with van der Waals surface area (Å²) in [5.74, 6) is 1.59. The molecule has 1 saturated heterocycles. The number of rotatable bonds is 7. The van der Waals surface area contributed by atoms with Crippen molar-refractivity contribution in [3.63, 3.8) is 0 Å². The van der Waals surface area contributed by atoms with Gasteiger partial charge in [0.25, 0.3) is 5.91 Å². The van der Waals surface area contributed by atoms with Crippen LogP contribution in [0.2, 0.25) is 0 Å². The van der Waals surface area contributed by atoms with Crippen molar-refractivity contribution in [1.29, 1.82) is 0 Å². The van der Waals surface area contributed by atoms with Crippen LogP contribution in [0.5, 0.6) is 0 Å². The molecule has 1 fully saturated rings. The minimum atomic E-state index is -0.0804. The molecule has 3 heterocycles. The quantitative estimate of drug-likeness (QED) is 0.583. The lowest BCUT2D eigenvalue weighted by molar-refractivity contribution is 0.0947. The molecule has 0 radical (unpaired) electrons. The predicted octanol–water partition coefficient (Wildman–Crippen LogP) is 3.60. The van der Waals surface area contributed by atoms with Gasteiger partial charge in [-0.2, -0.15) is 0 Å². The number of nitrogens with one attached hydrogen (secondary N) is 1. The first-order valence-corrected chi connectivity index (χ1v) is 11.4. The highest BCUT2D eigenvalue weighted by Crippen LogP contribution is 2.26. The summed E-state index contributed by atoms with van der Waals surface area (Å²) < 4.78 is 5.43. The van der Waals surface area contributed by atoms with Crippen LogP contribution in [0.4, 0.5) is 5.82 Å². The maximum absolute atomic E-state index is 12.9. The number of anilines is 1. The van der Waals surface area contributed by atoms with Gasteiger partial charge in [-0.15, -0.1) is 23.1 Å². The number of pyridine rings is 1. The van der Waals surface area contributed by atoms with Gasteiger partial charge in [-0.25, -0.2) is 9.97 Å². The first kappa shape index (κ1) is 19.9. The fourth-order valence-corrected chi connectivity index (χ4v) is 4.76. The Morgan fingerprint density at radius 3 is 2.86 bits per heavy atom. The molecule has 0 aliphatic carbocycles. The molecule has 150 valence electrons. The summed E-state index contributed by atoms with van der Waals surface area (Å²) in [6.07, 6.45) is 1.79. The van der Waals surface area contributed by atoms with Gasteiger partial charge in [-0.05, 0) is 18.2 Å². The maximum atomic E-state index is 12.9. The number of amides is 1. The van der Waals surface area contributed by atoms with E-state index in [4.69, 9.17) is 4.74 Å². The first-order valence-electron chi connectivity index (χ1n) is 9.45. The third kappa shape index (κ3) is 5.14. The van der Waals surface area contributed by atoms with Gasteiger partial charge in [0.1, 0.15) is 5.82 Å². The third-order valence-electron chi connectivity index (χ3n) is 4.61. The number of carbonyl (C=O) groups is 1. The summed E-state index contributed by atoms with van der Waals surface area (Å²) in [6.45, 7) is 3.46. The number of aromatic nitrogens is 2. The normalized spacial score (nSPS) is 14.0. The maximum Gasteiger partial charge on any atom is 0.252 e. The molecule has 3 aromatic rings. The van der Waals surface area contributed by atoms with E-state index in [1.165, 1.54) is 0 Å². The van der Waals surface area contributed by atoms with Gasteiger partial charge < -0.3 is 15.0 Å². The van der Waals surface area contributed by atoms with Crippen LogP contribution in [0.15, 0.2) is 58.4 Å². The molecule has 2 aromatic heterocycles. The van der Waals surface area contributed by atoms with Crippen LogP contribution in [0.25, 0.3) is 0 Å². The monoisotopic (exact) mass is 426 g/mol. The Morgan fingerprint density at radius 2 is 2.03 bits per heavy atom. The van der Waals surface area contributed by atoms with E-state index in [0.29, 0.717) is 25.3 Å². The second-order valence-electron chi connectivity index (χ2n) is 6.53. The Kier molecular flexibility index (Phi) is 6.76. The standard InChI is InChI=1S/C21H22N4O2S2/c26-21(18-5-1-2-6-19(18)29-14-17-13-28-15-24-17)23-12-16-4-3-7-22-20(16)25-8-10-27-11-9-25/h1-7,13,15H,8-12,14H2,(H,23,26). The SMILES string of the molecule is O=C(NCc1cccnc1N1CCOCC1)c1ccccc1SCc1cscn1. The Bertz CT molecular complexity index is 943. The molecule has 0 bridgehead atoms. The van der Waals surface area contributed by atoms with Gasteiger partial charge in [0, 0.05) is 47.4 Å². The molecule has 0 unspecified atom stereocenters. The van der Waals surface area contributed by atoms with Gasteiger partial charge in [-0.3, -0.25) is 4.79 Å². The second kappa shape index (κ2) is 9.87. The van der Waals surface area contributed by atoms with E-state index in [1.54, 1.807) is 29.3 Å². The van der Waals surface area contributed by atoms with Crippen molar-refractivity contribution in [2.45, 2.75) is 17.2 Å². The lowest BCUT2D eigenvalue weighted by Crippen LogP contribution is -2.37. The summed E-state index contributed by atoms with van der Waals surface area (Å²) >= 11 is 3.21. The molecule has 0 spiro atoms. The third-order valence-corrected chi connectivity index (χ3v) is 6.35. The molecule has 1 amide bonds. The Hall–Kier alpha value is -2.42. The van der Waals surface area contributed by atoms with Crippen LogP contribution in [0.3, 0.4) is 0 Å². The largest absolute Gasteiger partial charge is 0.378 e. The Morgan fingerprint density at radius 1 is 1.17 bits per heavy atom. The summed E-state index contributed by atoms with van der Waals surface area (Å²) in [7, 11) is 0. The zero-order valence-corrected chi connectivity index (χ0v) is 17.5. The molecule has 0 atom stereocenters. The van der Waals surface area contributed by atoms with Gasteiger partial charge >= 0.3 is 0 Å². The van der Waals surface area contributed by atoms with Crippen LogP contribution in [0, 0.1) is 0 Å². The van der Waals surface area contributed by atoms with Crippen LogP contribution in [0.1, 0.15) is 21.6 Å². The molecule has 29 heavy (non-hydrogen) atoms. The number of benzene rings is 1. The molecular weight excluding hydrogens is 404 g/mol. The number of thioether (sulfide) groups is 1. The van der Waals surface area contributed by atoms with E-state index >= 15 is 0 Å². The van der Waals surface area contributed by atoms with Crippen molar-refractivity contribution in [3.05, 3.63) is 70.3 Å². The molecule has 1 aliphatic heterocycles. The number of carbonyl (C=O) groups excluding carboxylic acids is 1. The molecule has 1 aliphatic rings. The number of hydrogen-bond donors (Lipinski definition) is 1. The highest BCUT2D eigenvalue weighted by Gasteiger charge is 2.17. The molecule has 1 N–H and O–H groups in total. The van der Waals surface area contributed by atoms with Crippen molar-refractivity contribution >= 4 is 34.8 Å². The average molecular weight is 427 g/mol. The molecule has 4 rings (SSSR count). The van der Waals surface area contributed by atoms with Gasteiger partial charge in [0.2, 0.25) is 0 Å². The van der Waals surface area contributed by atoms with Crippen LogP contribution in [-0.2, 0) is 17.0 Å². The fraction of sp³-hybridized carbons (Fsp3) is 0.286. The minimum Gasteiger partial charge on any atom is -0.378 e. The smallest absolute Gasteiger partial charge is 0.252 e. The van der Waals surface area contributed by atoms with Gasteiger partial charge in [0.15, 0.2) is 0 Å². The fourth-order valence-electron chi connectivity index (χ4n) is 3.14. The zero-order chi connectivity index (χ0) is 19.9. The van der Waals surface area contributed by atoms with E-state index < -0.39 is 0 Å². The summed E-state index contributed by atoms with van der Waals surface area (Å²) in [6, 6.07) is 11.6. The summed E-state index contributed by atoms with van der Waals surface area (Å²) in [5.41, 5.74) is 4.55. The summed E-state index contributed by atoms with van der Waals surface area (Å²) in [4.78, 5) is 24.9. The van der Waals surface area contributed by atoms with Crippen molar-refractivity contribution in [3.8, 4) is 0 Å².